The van der Waals surface area contributed by atoms with Gasteiger partial charge in [-0.15, -0.1) is 0 Å². The molecule has 2 rings (SSSR count). The Morgan fingerprint density at radius 3 is 3.13 bits per heavy atom. The van der Waals surface area contributed by atoms with Crippen LogP contribution in [0.3, 0.4) is 0 Å². The third-order valence-electron chi connectivity index (χ3n) is 2.33. The van der Waals surface area contributed by atoms with Crippen LogP contribution < -0.4 is 4.72 Å². The van der Waals surface area contributed by atoms with E-state index >= 15 is 0 Å². The average molecular weight is 222 g/mol. The van der Waals surface area contributed by atoms with Crippen LogP contribution in [-0.4, -0.2) is 16.1 Å². The van der Waals surface area contributed by atoms with Crippen molar-refractivity contribution in [2.45, 2.75) is 31.4 Å². The van der Waals surface area contributed by atoms with E-state index in [1.165, 1.54) is 24.8 Å². The summed E-state index contributed by atoms with van der Waals surface area (Å²) in [7, 11) is 0. The highest BCUT2D eigenvalue weighted by molar-refractivity contribution is 7.98. The summed E-state index contributed by atoms with van der Waals surface area (Å²) in [6.07, 6.45) is 4.93. The fourth-order valence-electron chi connectivity index (χ4n) is 1.30. The highest BCUT2D eigenvalue weighted by Crippen LogP contribution is 2.31. The lowest BCUT2D eigenvalue weighted by Gasteiger charge is -2.06. The number of nitrogens with one attached hydrogen (secondary N) is 1. The van der Waals surface area contributed by atoms with Crippen LogP contribution in [0.5, 0.6) is 0 Å². The van der Waals surface area contributed by atoms with Gasteiger partial charge in [-0.1, -0.05) is 13.0 Å². The van der Waals surface area contributed by atoms with E-state index in [2.05, 4.69) is 9.71 Å². The predicted octanol–water partition coefficient (Wildman–Crippen LogP) is 2.18. The van der Waals surface area contributed by atoms with Gasteiger partial charge in [-0.2, -0.15) is 0 Å². The molecule has 0 bridgehead atoms. The number of hydrogen-bond donors (Lipinski definition) is 1. The minimum absolute atomic E-state index is 0.0654. The molecule has 3 nitrogen and oxygen atoms in total. The van der Waals surface area contributed by atoms with Gasteiger partial charge in [0.05, 0.1) is 0 Å². The molecule has 0 atom stereocenters. The Kier molecular flexibility index (Phi) is 3.26. The first-order chi connectivity index (χ1) is 7.31. The molecule has 0 radical (unpaired) electrons. The molecule has 80 valence electrons. The van der Waals surface area contributed by atoms with E-state index in [1.807, 2.05) is 19.1 Å². The van der Waals surface area contributed by atoms with Gasteiger partial charge in [-0.25, -0.2) is 0 Å². The first-order valence-electron chi connectivity index (χ1n) is 5.21. The molecular formula is C11H14N2OS. The minimum Gasteiger partial charge on any atom is -0.294 e. The summed E-state index contributed by atoms with van der Waals surface area (Å²) in [4.78, 5) is 15.9. The van der Waals surface area contributed by atoms with Crippen molar-refractivity contribution in [2.75, 3.05) is 0 Å². The van der Waals surface area contributed by atoms with Crippen molar-refractivity contribution in [3.05, 3.63) is 29.6 Å². The smallest absolute Gasteiger partial charge is 0.279 e. The summed E-state index contributed by atoms with van der Waals surface area (Å²) in [5.41, 5.74) is 1.57. The molecule has 1 aromatic rings. The minimum atomic E-state index is -0.0654. The Labute approximate surface area is 93.8 Å². The van der Waals surface area contributed by atoms with Crippen molar-refractivity contribution >= 4 is 17.9 Å². The molecule has 0 aliphatic heterocycles. The maximum atomic E-state index is 11.8. The van der Waals surface area contributed by atoms with Crippen LogP contribution in [0.15, 0.2) is 18.3 Å². The zero-order valence-corrected chi connectivity index (χ0v) is 9.51. The number of hydrogen-bond acceptors (Lipinski definition) is 3. The van der Waals surface area contributed by atoms with E-state index in [-0.39, 0.29) is 5.91 Å². The lowest BCUT2D eigenvalue weighted by Crippen LogP contribution is -2.19. The number of pyridine rings is 1. The van der Waals surface area contributed by atoms with Gasteiger partial charge in [0, 0.05) is 11.4 Å². The number of aromatic nitrogens is 1. The Morgan fingerprint density at radius 1 is 1.67 bits per heavy atom. The predicted molar refractivity (Wildman–Crippen MR) is 61.7 cm³/mol. The fraction of sp³-hybridized carbons (Fsp3) is 0.455. The van der Waals surface area contributed by atoms with Crippen LogP contribution in [0.1, 0.15) is 35.8 Å². The Bertz CT molecular complexity index is 363. The summed E-state index contributed by atoms with van der Waals surface area (Å²) >= 11 is 1.52. The molecule has 1 amide bonds. The summed E-state index contributed by atoms with van der Waals surface area (Å²) in [6, 6.07) is 3.81. The van der Waals surface area contributed by atoms with E-state index in [9.17, 15) is 4.79 Å². The molecule has 4 heteroatoms. The fourth-order valence-corrected chi connectivity index (χ4v) is 2.04. The zero-order chi connectivity index (χ0) is 10.7. The third-order valence-corrected chi connectivity index (χ3v) is 3.44. The molecule has 1 fully saturated rings. The normalized spacial score (nSPS) is 15.0. The molecule has 0 spiro atoms. The second kappa shape index (κ2) is 4.66. The first-order valence-corrected chi connectivity index (χ1v) is 6.09. The summed E-state index contributed by atoms with van der Waals surface area (Å²) < 4.78 is 2.85. The van der Waals surface area contributed by atoms with E-state index < -0.39 is 0 Å². The molecule has 1 saturated carbocycles. The SMILES string of the molecule is CCc1cccnc1C(=O)NSC1CC1. The van der Waals surface area contributed by atoms with Crippen molar-refractivity contribution in [2.24, 2.45) is 0 Å². The number of carbonyl (C=O) groups excluding carboxylic acids is 1. The van der Waals surface area contributed by atoms with Gasteiger partial charge in [-0.05, 0) is 42.8 Å². The molecule has 1 N–H and O–H groups in total. The molecule has 1 heterocycles. The van der Waals surface area contributed by atoms with Gasteiger partial charge < -0.3 is 0 Å². The van der Waals surface area contributed by atoms with E-state index in [0.29, 0.717) is 10.9 Å². The standard InChI is InChI=1S/C11H14N2OS/c1-2-8-4-3-7-12-10(8)11(14)13-15-9-5-6-9/h3-4,7,9H,2,5-6H2,1H3,(H,13,14). The van der Waals surface area contributed by atoms with Crippen molar-refractivity contribution < 1.29 is 4.79 Å². The highest BCUT2D eigenvalue weighted by Gasteiger charge is 2.23. The third kappa shape index (κ3) is 2.72. The Balaban J connectivity index is 2.02. The van der Waals surface area contributed by atoms with Crippen LogP contribution in [-0.2, 0) is 6.42 Å². The highest BCUT2D eigenvalue weighted by atomic mass is 32.2. The van der Waals surface area contributed by atoms with Gasteiger partial charge in [-0.3, -0.25) is 14.5 Å². The maximum Gasteiger partial charge on any atom is 0.279 e. The van der Waals surface area contributed by atoms with Gasteiger partial charge in [0.1, 0.15) is 5.69 Å². The van der Waals surface area contributed by atoms with Crippen LogP contribution in [0.4, 0.5) is 0 Å². The van der Waals surface area contributed by atoms with Crippen LogP contribution >= 0.6 is 11.9 Å². The molecular weight excluding hydrogens is 208 g/mol. The van der Waals surface area contributed by atoms with Crippen LogP contribution in [0.2, 0.25) is 0 Å². The van der Waals surface area contributed by atoms with E-state index in [0.717, 1.165) is 12.0 Å². The van der Waals surface area contributed by atoms with Crippen molar-refractivity contribution in [3.63, 3.8) is 0 Å². The second-order valence-corrected chi connectivity index (χ2v) is 4.72. The quantitative estimate of drug-likeness (QED) is 0.794. The topological polar surface area (TPSA) is 42.0 Å². The van der Waals surface area contributed by atoms with Crippen molar-refractivity contribution in [1.29, 1.82) is 0 Å². The molecule has 0 unspecified atom stereocenters. The van der Waals surface area contributed by atoms with Crippen molar-refractivity contribution in [3.8, 4) is 0 Å². The van der Waals surface area contributed by atoms with E-state index in [1.54, 1.807) is 6.20 Å². The monoisotopic (exact) mass is 222 g/mol. The molecule has 0 saturated heterocycles. The maximum absolute atomic E-state index is 11.8. The molecule has 0 aromatic carbocycles. The second-order valence-electron chi connectivity index (χ2n) is 3.61. The summed E-state index contributed by atoms with van der Waals surface area (Å²) in [6.45, 7) is 2.03. The van der Waals surface area contributed by atoms with E-state index in [4.69, 9.17) is 0 Å². The number of amides is 1. The molecule has 15 heavy (non-hydrogen) atoms. The molecule has 1 aliphatic rings. The lowest BCUT2D eigenvalue weighted by molar-refractivity contribution is 0.0978. The Hall–Kier alpha value is -1.03. The van der Waals surface area contributed by atoms with Gasteiger partial charge >= 0.3 is 0 Å². The van der Waals surface area contributed by atoms with Crippen LogP contribution in [0.25, 0.3) is 0 Å². The number of rotatable bonds is 4. The van der Waals surface area contributed by atoms with Gasteiger partial charge in [0.15, 0.2) is 0 Å². The number of carbonyl (C=O) groups is 1. The summed E-state index contributed by atoms with van der Waals surface area (Å²) in [5, 5.41) is 0.628. The average Bonchev–Trinajstić information content (AvgIpc) is 3.09. The Morgan fingerprint density at radius 2 is 2.47 bits per heavy atom. The zero-order valence-electron chi connectivity index (χ0n) is 8.69. The molecule has 1 aliphatic carbocycles. The number of nitrogens with zero attached hydrogens (tertiary/aromatic N) is 1. The first kappa shape index (κ1) is 10.5. The van der Waals surface area contributed by atoms with Gasteiger partial charge in [0.2, 0.25) is 0 Å². The largest absolute Gasteiger partial charge is 0.294 e. The van der Waals surface area contributed by atoms with Gasteiger partial charge in [0.25, 0.3) is 5.91 Å². The number of aryl methyl sites for hydroxylation is 1. The van der Waals surface area contributed by atoms with Crippen LogP contribution in [0, 0.1) is 0 Å². The lowest BCUT2D eigenvalue weighted by atomic mass is 10.1. The van der Waals surface area contributed by atoms with Crippen molar-refractivity contribution in [1.82, 2.24) is 9.71 Å². The summed E-state index contributed by atoms with van der Waals surface area (Å²) in [5.74, 6) is -0.0654. The molecule has 1 aromatic heterocycles.